The maximum Gasteiger partial charge on any atom is 0.247 e. The fourth-order valence-electron chi connectivity index (χ4n) is 2.99. The van der Waals surface area contributed by atoms with Crippen molar-refractivity contribution in [2.24, 2.45) is 7.05 Å². The summed E-state index contributed by atoms with van der Waals surface area (Å²) in [6.07, 6.45) is 5.08. The van der Waals surface area contributed by atoms with Crippen LogP contribution >= 0.6 is 0 Å². The number of hydrogen-bond acceptors (Lipinski definition) is 3. The van der Waals surface area contributed by atoms with Crippen molar-refractivity contribution >= 4 is 22.6 Å². The van der Waals surface area contributed by atoms with Crippen molar-refractivity contribution in [3.8, 4) is 11.4 Å². The van der Waals surface area contributed by atoms with Gasteiger partial charge in [-0.15, -0.1) is 0 Å². The van der Waals surface area contributed by atoms with Gasteiger partial charge in [0.15, 0.2) is 0 Å². The standard InChI is InChI=1S/C20H19N5O/c1-14(25-12-11-21-13-25)20(26)22-16-9-7-15(8-10-16)19-23-17-5-3-4-6-18(17)24(19)2/h3-14H,1-2H3,(H,22,26)/t14-/m0/s1. The van der Waals surface area contributed by atoms with Gasteiger partial charge in [-0.05, 0) is 43.3 Å². The maximum absolute atomic E-state index is 12.4. The first kappa shape index (κ1) is 16.1. The Hall–Kier alpha value is -3.41. The van der Waals surface area contributed by atoms with Crippen LogP contribution in [0.15, 0.2) is 67.3 Å². The van der Waals surface area contributed by atoms with Gasteiger partial charge in [0.1, 0.15) is 11.9 Å². The van der Waals surface area contributed by atoms with Crippen molar-refractivity contribution < 1.29 is 4.79 Å². The van der Waals surface area contributed by atoms with Gasteiger partial charge in [-0.3, -0.25) is 4.79 Å². The predicted octanol–water partition coefficient (Wildman–Crippen LogP) is 3.64. The number of fused-ring (bicyclic) bond motifs is 1. The number of anilines is 1. The van der Waals surface area contributed by atoms with E-state index in [0.29, 0.717) is 0 Å². The first-order valence-corrected chi connectivity index (χ1v) is 8.43. The lowest BCUT2D eigenvalue weighted by molar-refractivity contribution is -0.118. The van der Waals surface area contributed by atoms with Crippen LogP contribution < -0.4 is 5.32 Å². The number of carbonyl (C=O) groups is 1. The van der Waals surface area contributed by atoms with Crippen LogP contribution in [-0.4, -0.2) is 25.0 Å². The Labute approximate surface area is 151 Å². The van der Waals surface area contributed by atoms with Gasteiger partial charge in [-0.1, -0.05) is 12.1 Å². The normalized spacial score (nSPS) is 12.2. The summed E-state index contributed by atoms with van der Waals surface area (Å²) in [4.78, 5) is 21.0. The Morgan fingerprint density at radius 2 is 1.88 bits per heavy atom. The summed E-state index contributed by atoms with van der Waals surface area (Å²) < 4.78 is 3.84. The van der Waals surface area contributed by atoms with Gasteiger partial charge < -0.3 is 14.5 Å². The molecule has 26 heavy (non-hydrogen) atoms. The van der Waals surface area contributed by atoms with Crippen LogP contribution in [0, 0.1) is 0 Å². The number of amides is 1. The molecule has 2 aromatic carbocycles. The summed E-state index contributed by atoms with van der Waals surface area (Å²) >= 11 is 0. The second-order valence-corrected chi connectivity index (χ2v) is 6.24. The van der Waals surface area contributed by atoms with E-state index < -0.39 is 0 Å². The molecule has 0 saturated heterocycles. The Morgan fingerprint density at radius 1 is 1.12 bits per heavy atom. The Bertz CT molecular complexity index is 1050. The third-order valence-electron chi connectivity index (χ3n) is 4.55. The molecular formula is C20H19N5O. The van der Waals surface area contributed by atoms with Crippen LogP contribution in [0.5, 0.6) is 0 Å². The average molecular weight is 345 g/mol. The lowest BCUT2D eigenvalue weighted by Crippen LogP contribution is -2.22. The highest BCUT2D eigenvalue weighted by atomic mass is 16.2. The highest BCUT2D eigenvalue weighted by Gasteiger charge is 2.15. The first-order valence-electron chi connectivity index (χ1n) is 8.43. The molecule has 0 spiro atoms. The van der Waals surface area contributed by atoms with Gasteiger partial charge in [0.25, 0.3) is 0 Å². The predicted molar refractivity (Wildman–Crippen MR) is 102 cm³/mol. The summed E-state index contributed by atoms with van der Waals surface area (Å²) in [6, 6.07) is 15.5. The number of benzene rings is 2. The van der Waals surface area contributed by atoms with Crippen LogP contribution in [0.25, 0.3) is 22.4 Å². The smallest absolute Gasteiger partial charge is 0.247 e. The summed E-state index contributed by atoms with van der Waals surface area (Å²) in [5.41, 5.74) is 3.82. The molecule has 2 aromatic heterocycles. The van der Waals surface area contributed by atoms with Crippen molar-refractivity contribution in [1.29, 1.82) is 0 Å². The molecule has 0 fully saturated rings. The Morgan fingerprint density at radius 3 is 2.58 bits per heavy atom. The molecule has 6 heteroatoms. The molecule has 0 aliphatic heterocycles. The number of imidazole rings is 2. The molecule has 1 N–H and O–H groups in total. The van der Waals surface area contributed by atoms with E-state index in [9.17, 15) is 4.79 Å². The quantitative estimate of drug-likeness (QED) is 0.614. The van der Waals surface area contributed by atoms with Gasteiger partial charge in [-0.2, -0.15) is 0 Å². The van der Waals surface area contributed by atoms with Crippen LogP contribution in [-0.2, 0) is 11.8 Å². The van der Waals surface area contributed by atoms with E-state index >= 15 is 0 Å². The number of aryl methyl sites for hydroxylation is 1. The molecule has 4 aromatic rings. The number of nitrogens with one attached hydrogen (secondary N) is 1. The molecule has 0 bridgehead atoms. The van der Waals surface area contributed by atoms with Crippen LogP contribution in [0.4, 0.5) is 5.69 Å². The molecule has 2 heterocycles. The van der Waals surface area contributed by atoms with Gasteiger partial charge in [0.05, 0.1) is 17.4 Å². The summed E-state index contributed by atoms with van der Waals surface area (Å²) in [6.45, 7) is 1.84. The lowest BCUT2D eigenvalue weighted by atomic mass is 10.2. The monoisotopic (exact) mass is 345 g/mol. The fourth-order valence-corrected chi connectivity index (χ4v) is 2.99. The van der Waals surface area contributed by atoms with Gasteiger partial charge >= 0.3 is 0 Å². The van der Waals surface area contributed by atoms with Crippen LogP contribution in [0.3, 0.4) is 0 Å². The summed E-state index contributed by atoms with van der Waals surface area (Å²) in [5, 5.41) is 2.94. The third-order valence-corrected chi connectivity index (χ3v) is 4.55. The minimum atomic E-state index is -0.322. The zero-order valence-electron chi connectivity index (χ0n) is 14.6. The maximum atomic E-state index is 12.4. The molecule has 4 rings (SSSR count). The highest BCUT2D eigenvalue weighted by molar-refractivity contribution is 5.93. The van der Waals surface area contributed by atoms with E-state index in [-0.39, 0.29) is 11.9 Å². The molecule has 1 amide bonds. The number of hydrogen-bond donors (Lipinski definition) is 1. The number of carbonyl (C=O) groups excluding carboxylic acids is 1. The summed E-state index contributed by atoms with van der Waals surface area (Å²) in [7, 11) is 2.01. The van der Waals surface area contributed by atoms with E-state index in [0.717, 1.165) is 28.1 Å². The minimum Gasteiger partial charge on any atom is -0.327 e. The average Bonchev–Trinajstić information content (AvgIpc) is 3.31. The van der Waals surface area contributed by atoms with Gasteiger partial charge in [0.2, 0.25) is 5.91 Å². The van der Waals surface area contributed by atoms with Crippen molar-refractivity contribution in [3.63, 3.8) is 0 Å². The van der Waals surface area contributed by atoms with E-state index in [1.54, 1.807) is 23.3 Å². The SMILES string of the molecule is C[C@@H](C(=O)Nc1ccc(-c2nc3ccccc3n2C)cc1)n1ccnc1. The number of para-hydroxylation sites is 2. The highest BCUT2D eigenvalue weighted by Crippen LogP contribution is 2.25. The number of rotatable bonds is 4. The molecule has 0 radical (unpaired) electrons. The Balaban J connectivity index is 1.55. The van der Waals surface area contributed by atoms with E-state index in [2.05, 4.69) is 20.9 Å². The molecule has 130 valence electrons. The topological polar surface area (TPSA) is 64.7 Å². The van der Waals surface area contributed by atoms with Crippen molar-refractivity contribution in [2.75, 3.05) is 5.32 Å². The lowest BCUT2D eigenvalue weighted by Gasteiger charge is -2.13. The van der Waals surface area contributed by atoms with Crippen molar-refractivity contribution in [2.45, 2.75) is 13.0 Å². The largest absolute Gasteiger partial charge is 0.327 e. The molecule has 0 aliphatic carbocycles. The molecule has 0 saturated carbocycles. The van der Waals surface area contributed by atoms with E-state index in [4.69, 9.17) is 4.98 Å². The minimum absolute atomic E-state index is 0.0847. The van der Waals surface area contributed by atoms with Crippen molar-refractivity contribution in [1.82, 2.24) is 19.1 Å². The zero-order chi connectivity index (χ0) is 18.1. The number of nitrogens with zero attached hydrogens (tertiary/aromatic N) is 4. The second kappa shape index (κ2) is 6.48. The summed E-state index contributed by atoms with van der Waals surface area (Å²) in [5.74, 6) is 0.814. The van der Waals surface area contributed by atoms with E-state index in [1.165, 1.54) is 0 Å². The first-order chi connectivity index (χ1) is 12.6. The zero-order valence-corrected chi connectivity index (χ0v) is 14.6. The van der Waals surface area contributed by atoms with Gasteiger partial charge in [0, 0.05) is 30.7 Å². The molecule has 6 nitrogen and oxygen atoms in total. The Kier molecular flexibility index (Phi) is 4.01. The molecule has 0 aliphatic rings. The number of aromatic nitrogens is 4. The molecule has 0 unspecified atom stereocenters. The van der Waals surface area contributed by atoms with Crippen LogP contribution in [0.2, 0.25) is 0 Å². The molecule has 1 atom stereocenters. The van der Waals surface area contributed by atoms with Crippen LogP contribution in [0.1, 0.15) is 13.0 Å². The second-order valence-electron chi connectivity index (χ2n) is 6.24. The van der Waals surface area contributed by atoms with E-state index in [1.807, 2.05) is 56.4 Å². The third kappa shape index (κ3) is 2.86. The van der Waals surface area contributed by atoms with Gasteiger partial charge in [-0.25, -0.2) is 9.97 Å². The van der Waals surface area contributed by atoms with Crippen molar-refractivity contribution in [3.05, 3.63) is 67.3 Å². The molecular weight excluding hydrogens is 326 g/mol. The fraction of sp³-hybridized carbons (Fsp3) is 0.150.